The van der Waals surface area contributed by atoms with Crippen molar-refractivity contribution in [2.24, 2.45) is 0 Å². The molecule has 1 atom stereocenters. The average molecular weight is 477 g/mol. The van der Waals surface area contributed by atoms with Gasteiger partial charge in [0.2, 0.25) is 0 Å². The molecule has 3 aromatic rings. The van der Waals surface area contributed by atoms with Gasteiger partial charge in [-0.05, 0) is 54.5 Å². The maximum absolute atomic E-state index is 13.0. The van der Waals surface area contributed by atoms with Crippen LogP contribution in [0.1, 0.15) is 22.3 Å². The zero-order valence-electron chi connectivity index (χ0n) is 18.3. The number of nitrogens with one attached hydrogen (secondary N) is 2. The first-order valence-corrected chi connectivity index (χ1v) is 12.6. The molecule has 1 fully saturated rings. The molecule has 4 rings (SSSR count). The largest absolute Gasteiger partial charge is 0.457 e. The Balaban J connectivity index is 1.58. The van der Waals surface area contributed by atoms with Crippen molar-refractivity contribution in [3.05, 3.63) is 102 Å². The van der Waals surface area contributed by atoms with Crippen LogP contribution in [0.3, 0.4) is 0 Å². The van der Waals surface area contributed by atoms with Crippen LogP contribution in [0.25, 0.3) is 6.08 Å². The van der Waals surface area contributed by atoms with Crippen molar-refractivity contribution in [1.82, 2.24) is 10.6 Å². The van der Waals surface area contributed by atoms with E-state index in [0.717, 1.165) is 0 Å². The van der Waals surface area contributed by atoms with Gasteiger partial charge in [-0.2, -0.15) is 0 Å². The Morgan fingerprint density at radius 3 is 2.24 bits per heavy atom. The van der Waals surface area contributed by atoms with E-state index in [9.17, 15) is 18.0 Å². The molecule has 3 aromatic carbocycles. The van der Waals surface area contributed by atoms with Crippen LogP contribution in [0.5, 0.6) is 11.5 Å². The van der Waals surface area contributed by atoms with Gasteiger partial charge in [0.25, 0.3) is 11.8 Å². The van der Waals surface area contributed by atoms with Gasteiger partial charge in [0.15, 0.2) is 9.84 Å². The minimum Gasteiger partial charge on any atom is -0.457 e. The van der Waals surface area contributed by atoms with Crippen molar-refractivity contribution >= 4 is 27.7 Å². The summed E-state index contributed by atoms with van der Waals surface area (Å²) in [6.45, 7) is 0. The summed E-state index contributed by atoms with van der Waals surface area (Å²) in [5.74, 6) is 0.154. The number of carbonyl (C=O) groups excluding carboxylic acids is 2. The van der Waals surface area contributed by atoms with Gasteiger partial charge >= 0.3 is 0 Å². The first-order valence-electron chi connectivity index (χ1n) is 10.8. The molecule has 2 N–H and O–H groups in total. The zero-order valence-corrected chi connectivity index (χ0v) is 19.1. The maximum atomic E-state index is 13.0. The molecule has 2 amide bonds. The van der Waals surface area contributed by atoms with E-state index in [1.165, 1.54) is 6.08 Å². The standard InChI is InChI=1S/C26H24N2O5S/c29-25(20-9-3-1-4-10-20)28-24(26(30)27-21-14-15-34(31,32)18-21)17-19-8-7-13-23(16-19)33-22-11-5-2-6-12-22/h1-13,16-17,21H,14-15,18H2,(H,27,30)(H,28,29). The summed E-state index contributed by atoms with van der Waals surface area (Å²) in [6.07, 6.45) is 1.88. The second kappa shape index (κ2) is 10.4. The number of hydrogen-bond donors (Lipinski definition) is 2. The molecule has 0 bridgehead atoms. The monoisotopic (exact) mass is 476 g/mol. The topological polar surface area (TPSA) is 102 Å². The number of carbonyl (C=O) groups is 2. The highest BCUT2D eigenvalue weighted by Gasteiger charge is 2.30. The highest BCUT2D eigenvalue weighted by molar-refractivity contribution is 7.91. The minimum absolute atomic E-state index is 0.00927. The number of amides is 2. The van der Waals surface area contributed by atoms with Crippen molar-refractivity contribution in [3.63, 3.8) is 0 Å². The smallest absolute Gasteiger partial charge is 0.268 e. The third-order valence-corrected chi connectivity index (χ3v) is 7.01. The molecule has 34 heavy (non-hydrogen) atoms. The minimum atomic E-state index is -3.17. The van der Waals surface area contributed by atoms with Crippen LogP contribution >= 0.6 is 0 Å². The van der Waals surface area contributed by atoms with Crippen molar-refractivity contribution in [2.45, 2.75) is 12.5 Å². The summed E-state index contributed by atoms with van der Waals surface area (Å²) in [5, 5.41) is 5.40. The molecular weight excluding hydrogens is 452 g/mol. The van der Waals surface area contributed by atoms with Crippen LogP contribution in [0.4, 0.5) is 0 Å². The van der Waals surface area contributed by atoms with Gasteiger partial charge in [-0.25, -0.2) is 8.42 Å². The fourth-order valence-corrected chi connectivity index (χ4v) is 5.25. The van der Waals surface area contributed by atoms with Crippen LogP contribution in [-0.4, -0.2) is 37.8 Å². The Hall–Kier alpha value is -3.91. The molecule has 0 saturated carbocycles. The Morgan fingerprint density at radius 2 is 1.56 bits per heavy atom. The third-order valence-electron chi connectivity index (χ3n) is 5.24. The fraction of sp³-hybridized carbons (Fsp3) is 0.154. The van der Waals surface area contributed by atoms with E-state index in [1.54, 1.807) is 54.6 Å². The first kappa shape index (κ1) is 23.3. The molecule has 174 valence electrons. The number of hydrogen-bond acceptors (Lipinski definition) is 5. The molecular formula is C26H24N2O5S. The molecule has 1 aliphatic rings. The van der Waals surface area contributed by atoms with Crippen LogP contribution < -0.4 is 15.4 Å². The van der Waals surface area contributed by atoms with Gasteiger partial charge in [-0.3, -0.25) is 9.59 Å². The van der Waals surface area contributed by atoms with Crippen molar-refractivity contribution < 1.29 is 22.7 Å². The van der Waals surface area contributed by atoms with Crippen LogP contribution in [-0.2, 0) is 14.6 Å². The van der Waals surface area contributed by atoms with Crippen LogP contribution in [0.2, 0.25) is 0 Å². The van der Waals surface area contributed by atoms with E-state index >= 15 is 0 Å². The maximum Gasteiger partial charge on any atom is 0.268 e. The lowest BCUT2D eigenvalue weighted by molar-refractivity contribution is -0.118. The number of rotatable bonds is 7. The molecule has 0 spiro atoms. The van der Waals surface area contributed by atoms with E-state index in [-0.39, 0.29) is 17.2 Å². The predicted molar refractivity (Wildman–Crippen MR) is 130 cm³/mol. The first-order chi connectivity index (χ1) is 16.4. The van der Waals surface area contributed by atoms with Crippen LogP contribution in [0, 0.1) is 0 Å². The van der Waals surface area contributed by atoms with Crippen molar-refractivity contribution in [2.75, 3.05) is 11.5 Å². The Bertz CT molecular complexity index is 1310. The predicted octanol–water partition coefficient (Wildman–Crippen LogP) is 3.55. The molecule has 8 heteroatoms. The second-order valence-corrected chi connectivity index (χ2v) is 10.2. The summed E-state index contributed by atoms with van der Waals surface area (Å²) in [5.41, 5.74) is 1.03. The van der Waals surface area contributed by atoms with E-state index in [2.05, 4.69) is 10.6 Å². The molecule has 1 unspecified atom stereocenters. The summed E-state index contributed by atoms with van der Waals surface area (Å²) in [6, 6.07) is 24.4. The highest BCUT2D eigenvalue weighted by Crippen LogP contribution is 2.23. The SMILES string of the molecule is O=C(NC1CCS(=O)(=O)C1)C(=Cc1cccc(Oc2ccccc2)c1)NC(=O)c1ccccc1. The lowest BCUT2D eigenvalue weighted by Crippen LogP contribution is -2.41. The quantitative estimate of drug-likeness (QED) is 0.508. The number of benzene rings is 3. The molecule has 7 nitrogen and oxygen atoms in total. The molecule has 0 aromatic heterocycles. The van der Waals surface area contributed by atoms with Gasteiger partial charge in [-0.1, -0.05) is 48.5 Å². The lowest BCUT2D eigenvalue weighted by Gasteiger charge is -2.15. The van der Waals surface area contributed by atoms with E-state index < -0.39 is 27.7 Å². The van der Waals surface area contributed by atoms with Crippen LogP contribution in [0.15, 0.2) is 90.6 Å². The van der Waals surface area contributed by atoms with Gasteiger partial charge in [0.05, 0.1) is 11.5 Å². The number of sulfone groups is 1. The Labute approximate surface area is 198 Å². The van der Waals surface area contributed by atoms with E-state index in [1.807, 2.05) is 30.3 Å². The van der Waals surface area contributed by atoms with Gasteiger partial charge in [0.1, 0.15) is 17.2 Å². The van der Waals surface area contributed by atoms with E-state index in [0.29, 0.717) is 29.0 Å². The molecule has 0 aliphatic carbocycles. The van der Waals surface area contributed by atoms with Crippen molar-refractivity contribution in [3.8, 4) is 11.5 Å². The summed E-state index contributed by atoms with van der Waals surface area (Å²) in [4.78, 5) is 25.8. The van der Waals surface area contributed by atoms with Gasteiger partial charge in [-0.15, -0.1) is 0 Å². The second-order valence-electron chi connectivity index (χ2n) is 7.94. The third kappa shape index (κ3) is 6.32. The summed E-state index contributed by atoms with van der Waals surface area (Å²) in [7, 11) is -3.17. The van der Waals surface area contributed by atoms with Gasteiger partial charge < -0.3 is 15.4 Å². The summed E-state index contributed by atoms with van der Waals surface area (Å²) < 4.78 is 29.4. The fourth-order valence-electron chi connectivity index (χ4n) is 3.57. The number of ether oxygens (including phenoxy) is 1. The van der Waals surface area contributed by atoms with E-state index in [4.69, 9.17) is 4.74 Å². The molecule has 1 saturated heterocycles. The number of para-hydroxylation sites is 1. The molecule has 1 heterocycles. The van der Waals surface area contributed by atoms with Gasteiger partial charge in [0, 0.05) is 11.6 Å². The van der Waals surface area contributed by atoms with Crippen molar-refractivity contribution in [1.29, 1.82) is 0 Å². The lowest BCUT2D eigenvalue weighted by atomic mass is 10.1. The molecule has 1 aliphatic heterocycles. The highest BCUT2D eigenvalue weighted by atomic mass is 32.2. The normalized spacial score (nSPS) is 17.1. The summed E-state index contributed by atoms with van der Waals surface area (Å²) >= 11 is 0. The Morgan fingerprint density at radius 1 is 0.882 bits per heavy atom. The average Bonchev–Trinajstić information content (AvgIpc) is 3.18. The Kier molecular flexibility index (Phi) is 7.08. The molecule has 0 radical (unpaired) electrons. The zero-order chi connectivity index (χ0) is 24.0.